The predicted octanol–water partition coefficient (Wildman–Crippen LogP) is 1.10. The first-order chi connectivity index (χ1) is 7.16. The van der Waals surface area contributed by atoms with Crippen molar-refractivity contribution in [3.8, 4) is 0 Å². The summed E-state index contributed by atoms with van der Waals surface area (Å²) in [5, 5.41) is 20.8. The van der Waals surface area contributed by atoms with E-state index >= 15 is 0 Å². The number of aromatic nitrogens is 1. The van der Waals surface area contributed by atoms with Gasteiger partial charge in [0.1, 0.15) is 0 Å². The number of hydrogen-bond donors (Lipinski definition) is 1. The highest BCUT2D eigenvalue weighted by atomic mass is 16.5. The number of nitrogens with zero attached hydrogens (tertiary/aromatic N) is 1. The molecule has 4 heteroatoms. The molecule has 0 fully saturated rings. The lowest BCUT2D eigenvalue weighted by Crippen LogP contribution is -2.25. The molecule has 0 bridgehead atoms. The van der Waals surface area contributed by atoms with Gasteiger partial charge in [0.15, 0.2) is 6.20 Å². The number of hydrogen-bond acceptors (Lipinski definition) is 2. The third-order valence-corrected chi connectivity index (χ3v) is 2.18. The van der Waals surface area contributed by atoms with E-state index in [0.717, 1.165) is 10.1 Å². The number of aliphatic carboxylic acids is 1. The van der Waals surface area contributed by atoms with Crippen molar-refractivity contribution in [2.45, 2.75) is 6.42 Å². The van der Waals surface area contributed by atoms with E-state index in [2.05, 4.69) is 0 Å². The fraction of sp³-hybridized carbons (Fsp3) is 0.0909. The second-order valence-electron chi connectivity index (χ2n) is 3.30. The van der Waals surface area contributed by atoms with E-state index < -0.39 is 5.97 Å². The molecule has 0 saturated heterocycles. The first kappa shape index (κ1) is 9.45. The lowest BCUT2D eigenvalue weighted by atomic mass is 10.1. The van der Waals surface area contributed by atoms with Gasteiger partial charge in [0.05, 0.1) is 6.42 Å². The lowest BCUT2D eigenvalue weighted by Gasteiger charge is -2.02. The summed E-state index contributed by atoms with van der Waals surface area (Å²) >= 11 is 0. The monoisotopic (exact) mass is 203 g/mol. The van der Waals surface area contributed by atoms with Gasteiger partial charge in [-0.05, 0) is 17.7 Å². The number of benzene rings is 1. The Labute approximate surface area is 86.0 Å². The van der Waals surface area contributed by atoms with Crippen molar-refractivity contribution >= 4 is 16.9 Å². The molecule has 1 aromatic heterocycles. The van der Waals surface area contributed by atoms with Crippen LogP contribution in [0.3, 0.4) is 0 Å². The molecule has 1 N–H and O–H groups in total. The van der Waals surface area contributed by atoms with Crippen molar-refractivity contribution in [2.24, 2.45) is 0 Å². The fourth-order valence-corrected chi connectivity index (χ4v) is 1.51. The molecule has 1 aromatic carbocycles. The third-order valence-electron chi connectivity index (χ3n) is 2.18. The molecule has 76 valence electrons. The Balaban J connectivity index is 2.54. The van der Waals surface area contributed by atoms with Gasteiger partial charge in [0.25, 0.3) is 0 Å². The summed E-state index contributed by atoms with van der Waals surface area (Å²) in [5.74, 6) is -0.900. The zero-order valence-electron chi connectivity index (χ0n) is 7.88. The number of carboxylic acid groups (broad SMARTS) is 1. The molecule has 2 rings (SSSR count). The topological polar surface area (TPSA) is 64.2 Å². The second-order valence-corrected chi connectivity index (χ2v) is 3.30. The van der Waals surface area contributed by atoms with Gasteiger partial charge >= 0.3 is 5.97 Å². The summed E-state index contributed by atoms with van der Waals surface area (Å²) in [5.41, 5.74) is 1.13. The average molecular weight is 203 g/mol. The smallest absolute Gasteiger partial charge is 0.307 e. The molecule has 0 spiro atoms. The quantitative estimate of drug-likeness (QED) is 0.587. The molecule has 2 aromatic rings. The van der Waals surface area contributed by atoms with Crippen molar-refractivity contribution < 1.29 is 14.6 Å². The minimum atomic E-state index is -0.900. The maximum absolute atomic E-state index is 11.4. The van der Waals surface area contributed by atoms with Gasteiger partial charge in [-0.25, -0.2) is 0 Å². The SMILES string of the molecule is O=C(O)Cc1ccc2ccc[n+]([O-])c2c1. The van der Waals surface area contributed by atoms with Gasteiger partial charge in [-0.3, -0.25) is 4.79 Å². The highest BCUT2D eigenvalue weighted by molar-refractivity contribution is 5.78. The fourth-order valence-electron chi connectivity index (χ4n) is 1.51. The predicted molar refractivity (Wildman–Crippen MR) is 54.2 cm³/mol. The summed E-state index contributed by atoms with van der Waals surface area (Å²) in [6, 6.07) is 8.55. The molecule has 0 amide bonds. The summed E-state index contributed by atoms with van der Waals surface area (Å²) in [6.45, 7) is 0. The van der Waals surface area contributed by atoms with Gasteiger partial charge in [0.2, 0.25) is 5.52 Å². The molecule has 0 aliphatic carbocycles. The Bertz CT molecular complexity index is 522. The largest absolute Gasteiger partial charge is 0.618 e. The van der Waals surface area contributed by atoms with E-state index in [4.69, 9.17) is 5.11 Å². The number of rotatable bonds is 2. The van der Waals surface area contributed by atoms with Crippen LogP contribution in [0, 0.1) is 5.21 Å². The summed E-state index contributed by atoms with van der Waals surface area (Å²) in [7, 11) is 0. The van der Waals surface area contributed by atoms with Crippen LogP contribution in [0.4, 0.5) is 0 Å². The molecule has 4 nitrogen and oxygen atoms in total. The molecule has 0 aliphatic rings. The highest BCUT2D eigenvalue weighted by Gasteiger charge is 2.06. The number of carboxylic acids is 1. The second kappa shape index (κ2) is 3.57. The van der Waals surface area contributed by atoms with Crippen LogP contribution in [-0.2, 0) is 11.2 Å². The van der Waals surface area contributed by atoms with Crippen LogP contribution >= 0.6 is 0 Å². The lowest BCUT2D eigenvalue weighted by molar-refractivity contribution is -0.577. The minimum Gasteiger partial charge on any atom is -0.618 e. The Kier molecular flexibility index (Phi) is 2.25. The first-order valence-electron chi connectivity index (χ1n) is 4.49. The highest BCUT2D eigenvalue weighted by Crippen LogP contribution is 2.12. The van der Waals surface area contributed by atoms with E-state index in [0.29, 0.717) is 11.1 Å². The Morgan fingerprint density at radius 2 is 2.20 bits per heavy atom. The third kappa shape index (κ3) is 1.88. The first-order valence-corrected chi connectivity index (χ1v) is 4.49. The van der Waals surface area contributed by atoms with Crippen LogP contribution in [0.2, 0.25) is 0 Å². The van der Waals surface area contributed by atoms with Crippen molar-refractivity contribution in [1.29, 1.82) is 0 Å². The van der Waals surface area contributed by atoms with Gasteiger partial charge in [-0.2, -0.15) is 4.73 Å². The molecule has 0 atom stereocenters. The van der Waals surface area contributed by atoms with Crippen LogP contribution in [0.25, 0.3) is 10.9 Å². The standard InChI is InChI=1S/C11H9NO3/c13-11(14)7-8-3-4-9-2-1-5-12(15)10(9)6-8/h1-6H,7H2,(H,13,14). The molecule has 1 heterocycles. The summed E-state index contributed by atoms with van der Waals surface area (Å²) in [4.78, 5) is 10.5. The molecule has 0 radical (unpaired) electrons. The van der Waals surface area contributed by atoms with E-state index in [9.17, 15) is 10.0 Å². The van der Waals surface area contributed by atoms with Gasteiger partial charge in [-0.15, -0.1) is 0 Å². The minimum absolute atomic E-state index is 0.0646. The van der Waals surface area contributed by atoms with Crippen LogP contribution in [-0.4, -0.2) is 11.1 Å². The van der Waals surface area contributed by atoms with E-state index in [1.807, 2.05) is 6.07 Å². The van der Waals surface area contributed by atoms with Crippen molar-refractivity contribution in [2.75, 3.05) is 0 Å². The van der Waals surface area contributed by atoms with E-state index in [-0.39, 0.29) is 6.42 Å². The van der Waals surface area contributed by atoms with Crippen LogP contribution in [0.5, 0.6) is 0 Å². The Morgan fingerprint density at radius 3 is 2.93 bits per heavy atom. The van der Waals surface area contributed by atoms with Gasteiger partial charge < -0.3 is 10.3 Å². The van der Waals surface area contributed by atoms with Crippen molar-refractivity contribution in [3.63, 3.8) is 0 Å². The maximum Gasteiger partial charge on any atom is 0.307 e. The number of fused-ring (bicyclic) bond motifs is 1. The number of pyridine rings is 1. The molecule has 0 aliphatic heterocycles. The van der Waals surface area contributed by atoms with Crippen LogP contribution < -0.4 is 4.73 Å². The normalized spacial score (nSPS) is 10.4. The average Bonchev–Trinajstić information content (AvgIpc) is 2.18. The molecule has 0 unspecified atom stereocenters. The Hall–Kier alpha value is -2.10. The van der Waals surface area contributed by atoms with Crippen molar-refractivity contribution in [3.05, 3.63) is 47.3 Å². The summed E-state index contributed by atoms with van der Waals surface area (Å²) in [6.07, 6.45) is 1.33. The molecular weight excluding hydrogens is 194 g/mol. The zero-order valence-corrected chi connectivity index (χ0v) is 7.88. The van der Waals surface area contributed by atoms with E-state index in [1.165, 1.54) is 6.20 Å². The van der Waals surface area contributed by atoms with Crippen LogP contribution in [0.1, 0.15) is 5.56 Å². The van der Waals surface area contributed by atoms with E-state index in [1.54, 1.807) is 24.3 Å². The molecule has 0 saturated carbocycles. The van der Waals surface area contributed by atoms with Crippen LogP contribution in [0.15, 0.2) is 36.5 Å². The van der Waals surface area contributed by atoms with Gasteiger partial charge in [0, 0.05) is 17.5 Å². The number of carbonyl (C=O) groups is 1. The summed E-state index contributed by atoms with van der Waals surface area (Å²) < 4.78 is 0.737. The Morgan fingerprint density at radius 1 is 1.40 bits per heavy atom. The zero-order chi connectivity index (χ0) is 10.8. The molecule has 15 heavy (non-hydrogen) atoms. The molecular formula is C11H9NO3. The van der Waals surface area contributed by atoms with Gasteiger partial charge in [-0.1, -0.05) is 6.07 Å². The van der Waals surface area contributed by atoms with Crippen molar-refractivity contribution in [1.82, 2.24) is 0 Å². The maximum atomic E-state index is 11.4.